The van der Waals surface area contributed by atoms with E-state index in [0.29, 0.717) is 0 Å². The van der Waals surface area contributed by atoms with Crippen LogP contribution in [0.3, 0.4) is 0 Å². The molecule has 0 saturated carbocycles. The summed E-state index contributed by atoms with van der Waals surface area (Å²) in [7, 11) is 0. The molecular formula is C70H78N2. The summed E-state index contributed by atoms with van der Waals surface area (Å²) in [4.78, 5) is 0. The third-order valence-electron chi connectivity index (χ3n) is 14.2. The highest BCUT2D eigenvalue weighted by molar-refractivity contribution is 5.94. The average Bonchev–Trinajstić information content (AvgIpc) is 3.85. The Morgan fingerprint density at radius 3 is 0.694 bits per heavy atom. The van der Waals surface area contributed by atoms with Crippen LogP contribution in [0.4, 0.5) is 0 Å². The smallest absolute Gasteiger partial charge is 0.0724 e. The Bertz CT molecular complexity index is 3090. The van der Waals surface area contributed by atoms with Gasteiger partial charge in [0.1, 0.15) is 0 Å². The minimum atomic E-state index is -0.0653. The quantitative estimate of drug-likeness (QED) is 0.156. The Morgan fingerprint density at radius 2 is 0.472 bits per heavy atom. The van der Waals surface area contributed by atoms with Gasteiger partial charge in [-0.3, -0.25) is 0 Å². The fourth-order valence-electron chi connectivity index (χ4n) is 9.19. The van der Waals surface area contributed by atoms with Gasteiger partial charge in [-0.2, -0.15) is 0 Å². The van der Waals surface area contributed by atoms with Crippen molar-refractivity contribution >= 4 is 11.0 Å². The van der Waals surface area contributed by atoms with E-state index in [-0.39, 0.29) is 32.5 Å². The summed E-state index contributed by atoms with van der Waals surface area (Å²) in [6.07, 6.45) is 0. The lowest BCUT2D eigenvalue weighted by molar-refractivity contribution is 0.567. The number of benzene rings is 6. The highest BCUT2D eigenvalue weighted by atomic mass is 15.1. The first-order valence-corrected chi connectivity index (χ1v) is 26.0. The van der Waals surface area contributed by atoms with Gasteiger partial charge in [0, 0.05) is 33.6 Å². The van der Waals surface area contributed by atoms with Gasteiger partial charge < -0.3 is 9.13 Å². The third kappa shape index (κ3) is 11.3. The van der Waals surface area contributed by atoms with Gasteiger partial charge in [-0.25, -0.2) is 0 Å². The molecule has 0 atom stereocenters. The number of nitrogens with zero attached hydrogens (tertiary/aromatic N) is 2. The number of hydrogen-bond acceptors (Lipinski definition) is 0. The lowest BCUT2D eigenvalue weighted by Gasteiger charge is -2.27. The van der Waals surface area contributed by atoms with Gasteiger partial charge in [-0.15, -0.1) is 0 Å². The topological polar surface area (TPSA) is 9.86 Å². The summed E-state index contributed by atoms with van der Waals surface area (Å²) in [5.41, 5.74) is 20.9. The van der Waals surface area contributed by atoms with Gasteiger partial charge in [0.2, 0.25) is 0 Å². The minimum Gasteiger partial charge on any atom is -0.308 e. The van der Waals surface area contributed by atoms with Crippen molar-refractivity contribution in [1.82, 2.24) is 9.13 Å². The maximum Gasteiger partial charge on any atom is 0.0724 e. The predicted octanol–water partition coefficient (Wildman–Crippen LogP) is 18.3. The molecule has 0 aliphatic carbocycles. The van der Waals surface area contributed by atoms with E-state index in [0.717, 1.165) is 67.2 Å². The Labute approximate surface area is 434 Å². The molecule has 2 heterocycles. The van der Waals surface area contributed by atoms with E-state index >= 15 is 0 Å². The molecule has 0 saturated heterocycles. The zero-order valence-electron chi connectivity index (χ0n) is 46.8. The molecule has 368 valence electrons. The van der Waals surface area contributed by atoms with E-state index in [4.69, 9.17) is 0 Å². The van der Waals surface area contributed by atoms with Crippen molar-refractivity contribution in [3.63, 3.8) is 0 Å². The molecule has 2 heteroatoms. The van der Waals surface area contributed by atoms with Crippen LogP contribution >= 0.6 is 0 Å². The highest BCUT2D eigenvalue weighted by Crippen LogP contribution is 2.42. The van der Waals surface area contributed by atoms with E-state index in [2.05, 4.69) is 303 Å². The molecule has 0 bridgehead atoms. The van der Waals surface area contributed by atoms with Crippen molar-refractivity contribution in [1.29, 1.82) is 0 Å². The van der Waals surface area contributed by atoms with Crippen LogP contribution in [0.25, 0.3) is 44.9 Å². The molecule has 0 N–H and O–H groups in total. The fourth-order valence-corrected chi connectivity index (χ4v) is 9.19. The first-order chi connectivity index (χ1) is 33.4. The molecule has 2 aromatic heterocycles. The maximum atomic E-state index is 3.46. The van der Waals surface area contributed by atoms with E-state index in [1.807, 2.05) is 0 Å². The molecule has 0 amide bonds. The summed E-state index contributed by atoms with van der Waals surface area (Å²) in [5.74, 6) is 13.8. The molecule has 0 fully saturated rings. The molecule has 0 radical (unpaired) electrons. The monoisotopic (exact) mass is 947 g/mol. The molecule has 0 aliphatic heterocycles. The molecule has 6 aromatic carbocycles. The molecule has 0 unspecified atom stereocenters. The van der Waals surface area contributed by atoms with Crippen molar-refractivity contribution in [2.45, 2.75) is 157 Å². The summed E-state index contributed by atoms with van der Waals surface area (Å²) in [6, 6.07) is 54.4. The summed E-state index contributed by atoms with van der Waals surface area (Å²) >= 11 is 0. The lowest BCUT2D eigenvalue weighted by Crippen LogP contribution is -2.17. The van der Waals surface area contributed by atoms with E-state index in [1.54, 1.807) is 0 Å². The van der Waals surface area contributed by atoms with Gasteiger partial charge in [0.25, 0.3) is 0 Å². The van der Waals surface area contributed by atoms with Crippen LogP contribution in [0.1, 0.15) is 180 Å². The summed E-state index contributed by atoms with van der Waals surface area (Å²) < 4.78 is 5.03. The Hall–Kier alpha value is -6.74. The number of aromatic nitrogens is 2. The molecule has 8 rings (SSSR count). The van der Waals surface area contributed by atoms with Crippen LogP contribution in [0.15, 0.2) is 146 Å². The van der Waals surface area contributed by atoms with Crippen LogP contribution in [0.5, 0.6) is 0 Å². The van der Waals surface area contributed by atoms with E-state index in [9.17, 15) is 0 Å². The van der Waals surface area contributed by atoms with Crippen LogP contribution in [0, 0.1) is 23.7 Å². The first-order valence-electron chi connectivity index (χ1n) is 26.0. The second-order valence-electron chi connectivity index (χ2n) is 26.3. The third-order valence-corrected chi connectivity index (χ3v) is 14.2. The van der Waals surface area contributed by atoms with Crippen LogP contribution < -0.4 is 0 Å². The second-order valence-corrected chi connectivity index (χ2v) is 26.3. The van der Waals surface area contributed by atoms with Crippen LogP contribution in [0.2, 0.25) is 0 Å². The van der Waals surface area contributed by atoms with Crippen molar-refractivity contribution in [3.05, 3.63) is 201 Å². The molecule has 8 aromatic rings. The fraction of sp³-hybridized carbons (Fsp3) is 0.343. The van der Waals surface area contributed by atoms with Crippen LogP contribution in [-0.4, -0.2) is 9.13 Å². The summed E-state index contributed by atoms with van der Waals surface area (Å²) in [5, 5.41) is 0. The minimum absolute atomic E-state index is 0.0653. The molecular weight excluding hydrogens is 869 g/mol. The van der Waals surface area contributed by atoms with Crippen molar-refractivity contribution < 1.29 is 0 Å². The van der Waals surface area contributed by atoms with Gasteiger partial charge in [-0.1, -0.05) is 209 Å². The van der Waals surface area contributed by atoms with Gasteiger partial charge in [0.05, 0.1) is 22.4 Å². The van der Waals surface area contributed by atoms with Gasteiger partial charge >= 0.3 is 0 Å². The molecule has 0 spiro atoms. The zero-order chi connectivity index (χ0) is 52.3. The standard InChI is InChI=1S/C70H78N2/c1-65(2,3)53-35-27-49(28-36-53)21-19-47-23-31-51(32-24-47)61-45-63-64(71(61)59-41-55(67(7,8)9)39-56(42-59)68(10,11)12)46-62(72(63)60-43-57(69(13,14)15)40-58(44-60)70(16,17)18)52-33-25-48(26-34-52)20-22-50-29-37-54(38-30-50)66(4,5)6/h23-46H,1-18H3. The van der Waals surface area contributed by atoms with E-state index < -0.39 is 0 Å². The predicted molar refractivity (Wildman–Crippen MR) is 311 cm³/mol. The number of rotatable bonds is 4. The summed E-state index contributed by atoms with van der Waals surface area (Å²) in [6.45, 7) is 41.3. The molecule has 72 heavy (non-hydrogen) atoms. The van der Waals surface area contributed by atoms with Crippen molar-refractivity contribution in [2.75, 3.05) is 0 Å². The van der Waals surface area contributed by atoms with Crippen molar-refractivity contribution in [3.8, 4) is 57.6 Å². The lowest BCUT2D eigenvalue weighted by atomic mass is 9.80. The number of fused-ring (bicyclic) bond motifs is 1. The van der Waals surface area contributed by atoms with Crippen LogP contribution in [-0.2, 0) is 32.5 Å². The Kier molecular flexibility index (Phi) is 13.4. The number of hydrogen-bond donors (Lipinski definition) is 0. The normalized spacial score (nSPS) is 12.6. The second kappa shape index (κ2) is 18.7. The zero-order valence-corrected chi connectivity index (χ0v) is 46.8. The van der Waals surface area contributed by atoms with E-state index in [1.165, 1.54) is 33.4 Å². The Balaban J connectivity index is 1.36. The molecule has 2 nitrogen and oxygen atoms in total. The van der Waals surface area contributed by atoms with Crippen molar-refractivity contribution in [2.24, 2.45) is 0 Å². The highest BCUT2D eigenvalue weighted by Gasteiger charge is 2.27. The molecule has 0 aliphatic rings. The largest absolute Gasteiger partial charge is 0.308 e. The van der Waals surface area contributed by atoms with Gasteiger partial charge in [0.15, 0.2) is 0 Å². The average molecular weight is 947 g/mol. The van der Waals surface area contributed by atoms with Gasteiger partial charge in [-0.05, 0) is 162 Å². The SMILES string of the molecule is CC(C)(C)c1ccc(C#Cc2ccc(-c3cc4c(cc(-c5ccc(C#Cc6ccc(C(C)(C)C)cc6)cc5)n4-c4cc(C(C)(C)C)cc(C(C)(C)C)c4)n3-c3cc(C(C)(C)C)cc(C(C)(C)C)c3)cc2)cc1. The first kappa shape index (κ1) is 51.6. The maximum absolute atomic E-state index is 3.46. The Morgan fingerprint density at radius 1 is 0.250 bits per heavy atom.